The van der Waals surface area contributed by atoms with Crippen molar-refractivity contribution in [3.63, 3.8) is 0 Å². The van der Waals surface area contributed by atoms with E-state index in [1.54, 1.807) is 0 Å². The summed E-state index contributed by atoms with van der Waals surface area (Å²) in [5.74, 6) is 0. The molecule has 14 rings (SSSR count). The SMILES string of the molecule is CC1(C)c2c(cc(-c3ccc(-c4ccc5c6c(cccc46)-c4c-5c(-c5ccccc5)c5ccccc5c4-c4ccccc4)cc3)c3ccccc23)-c2c1c1ccccc1c1ccccc21. The van der Waals surface area contributed by atoms with Gasteiger partial charge >= 0.3 is 0 Å². The minimum atomic E-state index is -0.178. The van der Waals surface area contributed by atoms with Crippen LogP contribution in [0.5, 0.6) is 0 Å². The molecule has 0 N–H and O–H groups in total. The quantitative estimate of drug-likeness (QED) is 0.155. The summed E-state index contributed by atoms with van der Waals surface area (Å²) in [6.45, 7) is 4.87. The van der Waals surface area contributed by atoms with Gasteiger partial charge in [-0.2, -0.15) is 0 Å². The fourth-order valence-corrected chi connectivity index (χ4v) is 12.4. The van der Waals surface area contributed by atoms with Crippen LogP contribution in [0.25, 0.3) is 132 Å². The molecular weight excluding hydrogens is 781 g/mol. The minimum absolute atomic E-state index is 0.178. The predicted octanol–water partition coefficient (Wildman–Crippen LogP) is 18.1. The van der Waals surface area contributed by atoms with Gasteiger partial charge in [-0.15, -0.1) is 0 Å². The molecule has 0 saturated carbocycles. The van der Waals surface area contributed by atoms with E-state index in [1.807, 2.05) is 0 Å². The Labute approximate surface area is 378 Å². The van der Waals surface area contributed by atoms with E-state index in [9.17, 15) is 0 Å². The summed E-state index contributed by atoms with van der Waals surface area (Å²) in [6.07, 6.45) is 0. The molecule has 0 aliphatic heterocycles. The van der Waals surface area contributed by atoms with Crippen molar-refractivity contribution in [1.29, 1.82) is 0 Å². The van der Waals surface area contributed by atoms with Gasteiger partial charge in [0, 0.05) is 5.41 Å². The third-order valence-electron chi connectivity index (χ3n) is 14.9. The van der Waals surface area contributed by atoms with E-state index in [-0.39, 0.29) is 5.41 Å². The van der Waals surface area contributed by atoms with Gasteiger partial charge in [0.25, 0.3) is 0 Å². The van der Waals surface area contributed by atoms with E-state index in [0.29, 0.717) is 0 Å². The van der Waals surface area contributed by atoms with Gasteiger partial charge in [0.2, 0.25) is 0 Å². The maximum Gasteiger partial charge on any atom is 0.0171 e. The monoisotopic (exact) mass is 822 g/mol. The van der Waals surface area contributed by atoms with Crippen LogP contribution in [0.3, 0.4) is 0 Å². The number of hydrogen-bond donors (Lipinski definition) is 0. The van der Waals surface area contributed by atoms with Crippen LogP contribution in [-0.4, -0.2) is 0 Å². The Morgan fingerprint density at radius 3 is 1.23 bits per heavy atom. The van der Waals surface area contributed by atoms with E-state index in [1.165, 1.54) is 143 Å². The second kappa shape index (κ2) is 13.5. The van der Waals surface area contributed by atoms with Crippen molar-refractivity contribution in [2.75, 3.05) is 0 Å². The van der Waals surface area contributed by atoms with Crippen LogP contribution >= 0.6 is 0 Å². The highest BCUT2D eigenvalue weighted by Gasteiger charge is 2.40. The molecule has 12 aromatic rings. The third kappa shape index (κ3) is 4.97. The molecule has 0 radical (unpaired) electrons. The van der Waals surface area contributed by atoms with Crippen molar-refractivity contribution in [2.24, 2.45) is 0 Å². The summed E-state index contributed by atoms with van der Waals surface area (Å²) in [7, 11) is 0. The second-order valence-electron chi connectivity index (χ2n) is 18.6. The van der Waals surface area contributed by atoms with E-state index in [2.05, 4.69) is 232 Å². The van der Waals surface area contributed by atoms with Crippen LogP contribution in [0.4, 0.5) is 0 Å². The number of benzene rings is 12. The predicted molar refractivity (Wildman–Crippen MR) is 278 cm³/mol. The first-order valence-corrected chi connectivity index (χ1v) is 22.9. The molecule has 0 nitrogen and oxygen atoms in total. The van der Waals surface area contributed by atoms with Gasteiger partial charge in [0.15, 0.2) is 0 Å². The van der Waals surface area contributed by atoms with Gasteiger partial charge in [-0.25, -0.2) is 0 Å². The number of rotatable bonds is 4. The molecule has 0 fully saturated rings. The first-order chi connectivity index (χ1) is 32.1. The summed E-state index contributed by atoms with van der Waals surface area (Å²) in [5, 5.41) is 13.1. The first-order valence-electron chi connectivity index (χ1n) is 22.9. The number of hydrogen-bond acceptors (Lipinski definition) is 0. The van der Waals surface area contributed by atoms with E-state index >= 15 is 0 Å². The molecule has 2 aliphatic carbocycles. The molecule has 0 spiro atoms. The molecule has 302 valence electrons. The van der Waals surface area contributed by atoms with E-state index in [4.69, 9.17) is 0 Å². The van der Waals surface area contributed by atoms with Crippen LogP contribution in [0.15, 0.2) is 218 Å². The molecule has 0 heteroatoms. The summed E-state index contributed by atoms with van der Waals surface area (Å²) < 4.78 is 0. The Balaban J connectivity index is 0.966. The van der Waals surface area contributed by atoms with Crippen molar-refractivity contribution in [1.82, 2.24) is 0 Å². The molecule has 0 heterocycles. The summed E-state index contributed by atoms with van der Waals surface area (Å²) >= 11 is 0. The van der Waals surface area contributed by atoms with Crippen LogP contribution in [0.1, 0.15) is 25.0 Å². The zero-order chi connectivity index (χ0) is 43.0. The molecule has 0 aromatic heterocycles. The van der Waals surface area contributed by atoms with Gasteiger partial charge in [0.05, 0.1) is 0 Å². The van der Waals surface area contributed by atoms with Crippen molar-refractivity contribution < 1.29 is 0 Å². The maximum atomic E-state index is 2.51. The lowest BCUT2D eigenvalue weighted by atomic mass is 9.77. The maximum absolute atomic E-state index is 2.51. The number of fused-ring (bicyclic) bond motifs is 14. The Bertz CT molecular complexity index is 3890. The highest BCUT2D eigenvalue weighted by molar-refractivity contribution is 6.29. The lowest BCUT2D eigenvalue weighted by molar-refractivity contribution is 0.672. The van der Waals surface area contributed by atoms with E-state index < -0.39 is 0 Å². The van der Waals surface area contributed by atoms with Gasteiger partial charge < -0.3 is 0 Å². The lowest BCUT2D eigenvalue weighted by Crippen LogP contribution is -2.16. The summed E-state index contributed by atoms with van der Waals surface area (Å²) in [6, 6.07) is 81.8. The molecule has 65 heavy (non-hydrogen) atoms. The highest BCUT2D eigenvalue weighted by atomic mass is 14.4. The summed E-state index contributed by atoms with van der Waals surface area (Å²) in [4.78, 5) is 0. The first kappa shape index (κ1) is 36.4. The molecule has 0 unspecified atom stereocenters. The topological polar surface area (TPSA) is 0 Å². The highest BCUT2D eigenvalue weighted by Crippen LogP contribution is 2.60. The smallest absolute Gasteiger partial charge is 0.0171 e. The fraction of sp³-hybridized carbons (Fsp3) is 0.0462. The average molecular weight is 823 g/mol. The van der Waals surface area contributed by atoms with Crippen LogP contribution in [-0.2, 0) is 5.41 Å². The largest absolute Gasteiger partial charge is 0.0622 e. The van der Waals surface area contributed by atoms with Crippen molar-refractivity contribution in [2.45, 2.75) is 19.3 Å². The molecular formula is C65H42. The molecule has 0 saturated heterocycles. The van der Waals surface area contributed by atoms with Gasteiger partial charge in [-0.1, -0.05) is 226 Å². The second-order valence-corrected chi connectivity index (χ2v) is 18.6. The Kier molecular flexibility index (Phi) is 7.55. The van der Waals surface area contributed by atoms with Crippen molar-refractivity contribution >= 4 is 53.9 Å². The zero-order valence-electron chi connectivity index (χ0n) is 36.3. The standard InChI is InChI=1S/C65H42/c1-65(2)63-51-28-15-11-24-46(51)55(38-56(63)60-48-25-12-9-22-44(48)45-23-10-16-29-52(45)64(60)65)40-34-32-39(33-35-40)43-36-37-54-59-47(43)30-17-31-53(59)61-57(41-18-5-3-6-19-41)49-26-13-14-27-50(49)58(62(54)61)42-20-7-4-8-21-42/h3-38H,1-2H3. The van der Waals surface area contributed by atoms with Gasteiger partial charge in [-0.05, 0) is 149 Å². The Morgan fingerprint density at radius 2 is 0.646 bits per heavy atom. The average Bonchev–Trinajstić information content (AvgIpc) is 3.82. The Hall–Kier alpha value is -8.06. The molecule has 0 atom stereocenters. The molecule has 12 aromatic carbocycles. The minimum Gasteiger partial charge on any atom is -0.0622 e. The molecule has 2 aliphatic rings. The van der Waals surface area contributed by atoms with Gasteiger partial charge in [-0.3, -0.25) is 0 Å². The third-order valence-corrected chi connectivity index (χ3v) is 14.9. The van der Waals surface area contributed by atoms with Crippen LogP contribution in [0, 0.1) is 0 Å². The van der Waals surface area contributed by atoms with Crippen LogP contribution in [0.2, 0.25) is 0 Å². The van der Waals surface area contributed by atoms with E-state index in [0.717, 1.165) is 0 Å². The zero-order valence-corrected chi connectivity index (χ0v) is 36.3. The van der Waals surface area contributed by atoms with Crippen molar-refractivity contribution in [3.05, 3.63) is 230 Å². The van der Waals surface area contributed by atoms with Crippen molar-refractivity contribution in [3.8, 4) is 77.9 Å². The molecule has 0 bridgehead atoms. The normalized spacial score (nSPS) is 13.2. The lowest BCUT2D eigenvalue weighted by Gasteiger charge is -2.25. The molecule has 0 amide bonds. The Morgan fingerprint density at radius 1 is 0.231 bits per heavy atom. The summed E-state index contributed by atoms with van der Waals surface area (Å²) in [5.41, 5.74) is 20.8. The fourth-order valence-electron chi connectivity index (χ4n) is 12.4. The van der Waals surface area contributed by atoms with Gasteiger partial charge in [0.1, 0.15) is 0 Å². The van der Waals surface area contributed by atoms with Crippen LogP contribution < -0.4 is 0 Å².